The summed E-state index contributed by atoms with van der Waals surface area (Å²) in [5.41, 5.74) is 4.28. The maximum atomic E-state index is 12.7. The van der Waals surface area contributed by atoms with E-state index in [-0.39, 0.29) is 19.2 Å². The van der Waals surface area contributed by atoms with E-state index in [0.717, 1.165) is 34.0 Å². The number of aryl methyl sites for hydroxylation is 2. The molecule has 0 amide bonds. The van der Waals surface area contributed by atoms with Crippen LogP contribution in [-0.4, -0.2) is 29.7 Å². The molecule has 6 nitrogen and oxygen atoms in total. The summed E-state index contributed by atoms with van der Waals surface area (Å²) in [4.78, 5) is 25.4. The van der Waals surface area contributed by atoms with Crippen molar-refractivity contribution in [2.75, 3.05) is 13.4 Å². The lowest BCUT2D eigenvalue weighted by Gasteiger charge is -2.11. The summed E-state index contributed by atoms with van der Waals surface area (Å²) in [6.45, 7) is 6.28. The van der Waals surface area contributed by atoms with E-state index in [0.29, 0.717) is 17.0 Å². The van der Waals surface area contributed by atoms with E-state index in [9.17, 15) is 9.59 Å². The molecule has 29 heavy (non-hydrogen) atoms. The van der Waals surface area contributed by atoms with Crippen LogP contribution in [0.5, 0.6) is 11.5 Å². The van der Waals surface area contributed by atoms with E-state index in [1.807, 2.05) is 56.5 Å². The zero-order valence-corrected chi connectivity index (χ0v) is 17.3. The van der Waals surface area contributed by atoms with Crippen molar-refractivity contribution < 1.29 is 23.8 Å². The Morgan fingerprint density at radius 3 is 2.66 bits per heavy atom. The molecule has 0 atom stereocenters. The topological polar surface area (TPSA) is 66.8 Å². The first-order valence-corrected chi connectivity index (χ1v) is 10.1. The number of hydrogen-bond donors (Lipinski definition) is 0. The second-order valence-electron chi connectivity index (χ2n) is 6.99. The lowest BCUT2D eigenvalue weighted by molar-refractivity contribution is 0.0478. The predicted octanol–water partition coefficient (Wildman–Crippen LogP) is 4.29. The van der Waals surface area contributed by atoms with Gasteiger partial charge in [-0.1, -0.05) is 6.07 Å². The van der Waals surface area contributed by atoms with Gasteiger partial charge in [0.2, 0.25) is 12.6 Å². The number of esters is 1. The standard InChI is InChI=1S/C22H21NO5S/c1-13-6-7-29-21(13)22(25)26-11-18(24)17-8-14(2)23(15(17)3)10-16-4-5-19-20(9-16)28-12-27-19/h4-9H,10-12H2,1-3H3. The van der Waals surface area contributed by atoms with Gasteiger partial charge in [0, 0.05) is 23.5 Å². The number of carbonyl (C=O) groups excluding carboxylic acids is 2. The number of carbonyl (C=O) groups is 2. The molecule has 0 unspecified atom stereocenters. The van der Waals surface area contributed by atoms with Crippen molar-refractivity contribution in [1.82, 2.24) is 4.57 Å². The molecule has 1 aromatic carbocycles. The van der Waals surface area contributed by atoms with E-state index >= 15 is 0 Å². The van der Waals surface area contributed by atoms with Crippen LogP contribution in [0.15, 0.2) is 35.7 Å². The Kier molecular flexibility index (Phi) is 5.15. The fourth-order valence-corrected chi connectivity index (χ4v) is 4.22. The summed E-state index contributed by atoms with van der Waals surface area (Å²) < 4.78 is 18.1. The number of aromatic nitrogens is 1. The van der Waals surface area contributed by atoms with Gasteiger partial charge in [-0.2, -0.15) is 0 Å². The molecule has 7 heteroatoms. The average Bonchev–Trinajstić information content (AvgIpc) is 3.41. The van der Waals surface area contributed by atoms with Crippen LogP contribution >= 0.6 is 11.3 Å². The van der Waals surface area contributed by atoms with Crippen molar-refractivity contribution in [1.29, 1.82) is 0 Å². The lowest BCUT2D eigenvalue weighted by Crippen LogP contribution is -2.15. The van der Waals surface area contributed by atoms with Crippen molar-refractivity contribution in [3.05, 3.63) is 68.7 Å². The van der Waals surface area contributed by atoms with Gasteiger partial charge >= 0.3 is 5.97 Å². The number of ether oxygens (including phenoxy) is 3. The number of Topliss-reactive ketones (excluding diaryl/α,β-unsaturated/α-hetero) is 1. The second-order valence-corrected chi connectivity index (χ2v) is 7.91. The normalized spacial score (nSPS) is 12.2. The number of rotatable bonds is 6. The van der Waals surface area contributed by atoms with Gasteiger partial charge in [-0.25, -0.2) is 4.79 Å². The van der Waals surface area contributed by atoms with Crippen molar-refractivity contribution in [3.63, 3.8) is 0 Å². The van der Waals surface area contributed by atoms with Gasteiger partial charge in [-0.15, -0.1) is 11.3 Å². The van der Waals surface area contributed by atoms with Crippen LogP contribution < -0.4 is 9.47 Å². The van der Waals surface area contributed by atoms with E-state index in [1.165, 1.54) is 11.3 Å². The minimum Gasteiger partial charge on any atom is -0.454 e. The fraction of sp³-hybridized carbons (Fsp3) is 0.273. The Labute approximate surface area is 172 Å². The predicted molar refractivity (Wildman–Crippen MR) is 109 cm³/mol. The molecule has 1 aliphatic heterocycles. The monoisotopic (exact) mass is 411 g/mol. The molecule has 0 saturated carbocycles. The van der Waals surface area contributed by atoms with Crippen LogP contribution in [0.3, 0.4) is 0 Å². The Bertz CT molecular complexity index is 1090. The van der Waals surface area contributed by atoms with Gasteiger partial charge in [0.15, 0.2) is 18.1 Å². The molecule has 0 N–H and O–H groups in total. The lowest BCUT2D eigenvalue weighted by atomic mass is 10.1. The van der Waals surface area contributed by atoms with Crippen LogP contribution in [0.4, 0.5) is 0 Å². The van der Waals surface area contributed by atoms with Gasteiger partial charge in [0.1, 0.15) is 4.88 Å². The highest BCUT2D eigenvalue weighted by molar-refractivity contribution is 7.12. The number of hydrogen-bond acceptors (Lipinski definition) is 6. The van der Waals surface area contributed by atoms with Crippen LogP contribution in [0.1, 0.15) is 42.5 Å². The summed E-state index contributed by atoms with van der Waals surface area (Å²) in [6, 6.07) is 9.53. The molecule has 0 radical (unpaired) electrons. The molecular formula is C22H21NO5S. The van der Waals surface area contributed by atoms with Gasteiger partial charge < -0.3 is 18.8 Å². The number of ketones is 1. The molecule has 0 aliphatic carbocycles. The van der Waals surface area contributed by atoms with E-state index in [1.54, 1.807) is 0 Å². The maximum absolute atomic E-state index is 12.7. The zero-order chi connectivity index (χ0) is 20.5. The molecule has 3 aromatic rings. The van der Waals surface area contributed by atoms with Crippen molar-refractivity contribution in [2.45, 2.75) is 27.3 Å². The van der Waals surface area contributed by atoms with Gasteiger partial charge in [-0.3, -0.25) is 4.79 Å². The van der Waals surface area contributed by atoms with Crippen LogP contribution in [0.2, 0.25) is 0 Å². The van der Waals surface area contributed by atoms with Crippen molar-refractivity contribution in [3.8, 4) is 11.5 Å². The summed E-state index contributed by atoms with van der Waals surface area (Å²) in [5.74, 6) is 0.808. The number of fused-ring (bicyclic) bond motifs is 1. The number of benzene rings is 1. The quantitative estimate of drug-likeness (QED) is 0.447. The van der Waals surface area contributed by atoms with E-state index in [4.69, 9.17) is 14.2 Å². The first-order valence-electron chi connectivity index (χ1n) is 9.23. The summed E-state index contributed by atoms with van der Waals surface area (Å²) in [7, 11) is 0. The Morgan fingerprint density at radius 1 is 1.10 bits per heavy atom. The molecule has 0 fully saturated rings. The molecule has 0 saturated heterocycles. The maximum Gasteiger partial charge on any atom is 0.349 e. The molecule has 2 aromatic heterocycles. The SMILES string of the molecule is Cc1ccsc1C(=O)OCC(=O)c1cc(C)n(Cc2ccc3c(c2)OCO3)c1C. The van der Waals surface area contributed by atoms with E-state index < -0.39 is 5.97 Å². The molecule has 4 rings (SSSR count). The fourth-order valence-electron chi connectivity index (χ4n) is 3.40. The first kappa shape index (κ1) is 19.3. The minimum absolute atomic E-state index is 0.211. The van der Waals surface area contributed by atoms with Gasteiger partial charge in [-0.05, 0) is 61.5 Å². The minimum atomic E-state index is -0.458. The second kappa shape index (κ2) is 7.75. The third kappa shape index (κ3) is 3.78. The molecule has 1 aliphatic rings. The Morgan fingerprint density at radius 2 is 1.90 bits per heavy atom. The van der Waals surface area contributed by atoms with Gasteiger partial charge in [0.05, 0.1) is 0 Å². The number of thiophene rings is 1. The van der Waals surface area contributed by atoms with Gasteiger partial charge in [0.25, 0.3) is 0 Å². The highest BCUT2D eigenvalue weighted by Crippen LogP contribution is 2.33. The Hall–Kier alpha value is -3.06. The third-order valence-corrected chi connectivity index (χ3v) is 6.03. The number of nitrogens with zero attached hydrogens (tertiary/aromatic N) is 1. The van der Waals surface area contributed by atoms with Crippen LogP contribution in [-0.2, 0) is 11.3 Å². The van der Waals surface area contributed by atoms with Crippen molar-refractivity contribution >= 4 is 23.1 Å². The molecule has 0 spiro atoms. The largest absolute Gasteiger partial charge is 0.454 e. The van der Waals surface area contributed by atoms with E-state index in [2.05, 4.69) is 4.57 Å². The average molecular weight is 411 g/mol. The molecule has 0 bridgehead atoms. The first-order chi connectivity index (χ1) is 13.9. The molecular weight excluding hydrogens is 390 g/mol. The summed E-state index contributed by atoms with van der Waals surface area (Å²) in [6.07, 6.45) is 0. The van der Waals surface area contributed by atoms with Crippen molar-refractivity contribution in [2.24, 2.45) is 0 Å². The van der Waals surface area contributed by atoms with Crippen LogP contribution in [0.25, 0.3) is 0 Å². The summed E-state index contributed by atoms with van der Waals surface area (Å²) in [5, 5.41) is 1.83. The summed E-state index contributed by atoms with van der Waals surface area (Å²) >= 11 is 1.32. The van der Waals surface area contributed by atoms with Crippen LogP contribution in [0, 0.1) is 20.8 Å². The molecule has 150 valence electrons. The Balaban J connectivity index is 1.47. The highest BCUT2D eigenvalue weighted by atomic mass is 32.1. The zero-order valence-electron chi connectivity index (χ0n) is 16.5. The smallest absolute Gasteiger partial charge is 0.349 e. The third-order valence-electron chi connectivity index (χ3n) is 5.03. The highest BCUT2D eigenvalue weighted by Gasteiger charge is 2.20. The molecule has 3 heterocycles.